The largest absolute Gasteiger partial charge is 0.456 e. The summed E-state index contributed by atoms with van der Waals surface area (Å²) >= 11 is 0. The van der Waals surface area contributed by atoms with Crippen molar-refractivity contribution in [3.05, 3.63) is 82.4 Å². The molecule has 1 amide bonds. The molecule has 0 atom stereocenters. The smallest absolute Gasteiger partial charge is 0.417 e. The first-order valence-electron chi connectivity index (χ1n) is 9.27. The second-order valence-corrected chi connectivity index (χ2v) is 6.95. The van der Waals surface area contributed by atoms with Gasteiger partial charge >= 0.3 is 6.18 Å². The van der Waals surface area contributed by atoms with Crippen LogP contribution in [-0.4, -0.2) is 11.7 Å². The molecule has 11 heteroatoms. The second-order valence-electron chi connectivity index (χ2n) is 6.95. The zero-order valence-electron chi connectivity index (χ0n) is 17.0. The predicted octanol–water partition coefficient (Wildman–Crippen LogP) is 4.64. The van der Waals surface area contributed by atoms with Gasteiger partial charge in [0.15, 0.2) is 0 Å². The molecule has 0 saturated heterocycles. The minimum atomic E-state index is -4.91. The number of aryl methyl sites for hydroxylation is 1. The molecule has 3 aromatic rings. The first kappa shape index (κ1) is 23.7. The van der Waals surface area contributed by atoms with Crippen LogP contribution in [0.3, 0.4) is 0 Å². The van der Waals surface area contributed by atoms with E-state index in [0.717, 1.165) is 36.4 Å². The molecule has 0 radical (unpaired) electrons. The first-order chi connectivity index (χ1) is 15.4. The number of benzene rings is 3. The minimum Gasteiger partial charge on any atom is -0.456 e. The molecular formula is C22H17F5N4O2. The number of primary amides is 1. The third-order valence-electron chi connectivity index (χ3n) is 4.75. The fourth-order valence-electron chi connectivity index (χ4n) is 3.19. The molecule has 0 heterocycles. The molecular weight excluding hydrogens is 447 g/mol. The van der Waals surface area contributed by atoms with Crippen molar-refractivity contribution in [2.24, 2.45) is 11.6 Å². The van der Waals surface area contributed by atoms with Gasteiger partial charge < -0.3 is 15.9 Å². The lowest BCUT2D eigenvalue weighted by atomic mass is 9.93. The molecule has 3 aromatic carbocycles. The lowest BCUT2D eigenvalue weighted by molar-refractivity contribution is -0.137. The Bertz CT molecular complexity index is 1260. The zero-order valence-corrected chi connectivity index (χ0v) is 17.0. The summed E-state index contributed by atoms with van der Waals surface area (Å²) in [5.41, 5.74) is 4.69. The summed E-state index contributed by atoms with van der Waals surface area (Å²) in [6.45, 7) is 1.46. The Morgan fingerprint density at radius 2 is 1.73 bits per heavy atom. The van der Waals surface area contributed by atoms with E-state index in [1.807, 2.05) is 5.43 Å². The van der Waals surface area contributed by atoms with E-state index in [9.17, 15) is 26.7 Å². The number of amidine groups is 1. The standard InChI is InChI=1S/C22H17F5N4O2/c1-10-8-12(23)3-7-17(10)33-19-13(21(29)32)4-5-15(22(25,26)27)18(19)11-2-6-16(24)14(9-11)20(28)31-30/h2-9H,30H2,1H3,(H2,28,31)(H2,29,32). The molecule has 6 N–H and O–H groups in total. The van der Waals surface area contributed by atoms with Crippen molar-refractivity contribution in [2.45, 2.75) is 13.1 Å². The Morgan fingerprint density at radius 1 is 1.03 bits per heavy atom. The molecule has 0 bridgehead atoms. The van der Waals surface area contributed by atoms with Gasteiger partial charge in [-0.25, -0.2) is 14.6 Å². The van der Waals surface area contributed by atoms with Crippen LogP contribution in [0, 0.1) is 24.0 Å². The van der Waals surface area contributed by atoms with Crippen LogP contribution in [0.2, 0.25) is 0 Å². The molecule has 3 rings (SSSR count). The maximum Gasteiger partial charge on any atom is 0.417 e. The van der Waals surface area contributed by atoms with Crippen molar-refractivity contribution in [1.82, 2.24) is 5.43 Å². The average molecular weight is 464 g/mol. The van der Waals surface area contributed by atoms with E-state index in [4.69, 9.17) is 21.7 Å². The molecule has 172 valence electrons. The van der Waals surface area contributed by atoms with Crippen LogP contribution in [0.15, 0.2) is 48.5 Å². The van der Waals surface area contributed by atoms with Crippen LogP contribution in [0.1, 0.15) is 27.0 Å². The van der Waals surface area contributed by atoms with Gasteiger partial charge in [-0.3, -0.25) is 10.2 Å². The molecule has 0 unspecified atom stereocenters. The van der Waals surface area contributed by atoms with Crippen molar-refractivity contribution < 1.29 is 31.5 Å². The number of halogens is 5. The Hall–Kier alpha value is -3.99. The normalized spacial score (nSPS) is 11.2. The molecule has 6 nitrogen and oxygen atoms in total. The van der Waals surface area contributed by atoms with E-state index >= 15 is 0 Å². The van der Waals surface area contributed by atoms with Crippen molar-refractivity contribution in [3.8, 4) is 22.6 Å². The Balaban J connectivity index is 2.38. The van der Waals surface area contributed by atoms with Gasteiger partial charge in [0.2, 0.25) is 0 Å². The lowest BCUT2D eigenvalue weighted by Crippen LogP contribution is -2.30. The van der Waals surface area contributed by atoms with Crippen molar-refractivity contribution in [1.29, 1.82) is 5.41 Å². The van der Waals surface area contributed by atoms with E-state index in [0.29, 0.717) is 6.07 Å². The summed E-state index contributed by atoms with van der Waals surface area (Å²) in [7, 11) is 0. The maximum atomic E-state index is 14.2. The Kier molecular flexibility index (Phi) is 6.36. The topological polar surface area (TPSA) is 114 Å². The molecule has 0 saturated carbocycles. The van der Waals surface area contributed by atoms with Crippen molar-refractivity contribution >= 4 is 11.7 Å². The Labute approximate surface area is 184 Å². The minimum absolute atomic E-state index is 0.0295. The van der Waals surface area contributed by atoms with E-state index in [1.165, 1.54) is 13.0 Å². The lowest BCUT2D eigenvalue weighted by Gasteiger charge is -2.21. The van der Waals surface area contributed by atoms with E-state index in [-0.39, 0.29) is 22.4 Å². The van der Waals surface area contributed by atoms with Crippen LogP contribution < -0.4 is 21.7 Å². The fourth-order valence-corrected chi connectivity index (χ4v) is 3.19. The van der Waals surface area contributed by atoms with Crippen LogP contribution >= 0.6 is 0 Å². The van der Waals surface area contributed by atoms with Gasteiger partial charge in [-0.1, -0.05) is 6.07 Å². The second kappa shape index (κ2) is 8.87. The zero-order chi connectivity index (χ0) is 24.5. The highest BCUT2D eigenvalue weighted by Crippen LogP contribution is 2.46. The molecule has 0 aromatic heterocycles. The average Bonchev–Trinajstić information content (AvgIpc) is 2.74. The summed E-state index contributed by atoms with van der Waals surface area (Å²) in [4.78, 5) is 12.1. The fraction of sp³-hybridized carbons (Fsp3) is 0.0909. The van der Waals surface area contributed by atoms with Gasteiger partial charge in [-0.05, 0) is 60.5 Å². The van der Waals surface area contributed by atoms with Gasteiger partial charge in [-0.2, -0.15) is 13.2 Å². The predicted molar refractivity (Wildman–Crippen MR) is 111 cm³/mol. The van der Waals surface area contributed by atoms with Gasteiger partial charge in [0.25, 0.3) is 5.91 Å². The molecule has 0 fully saturated rings. The Morgan fingerprint density at radius 3 is 2.30 bits per heavy atom. The summed E-state index contributed by atoms with van der Waals surface area (Å²) in [5, 5.41) is 7.71. The highest BCUT2D eigenvalue weighted by atomic mass is 19.4. The summed E-state index contributed by atoms with van der Waals surface area (Å²) in [5.74, 6) is 1.36. The highest BCUT2D eigenvalue weighted by molar-refractivity contribution is 6.01. The van der Waals surface area contributed by atoms with Crippen LogP contribution in [0.5, 0.6) is 11.5 Å². The van der Waals surface area contributed by atoms with E-state index in [2.05, 4.69) is 0 Å². The third kappa shape index (κ3) is 4.77. The molecule has 33 heavy (non-hydrogen) atoms. The van der Waals surface area contributed by atoms with Gasteiger partial charge in [-0.15, -0.1) is 0 Å². The van der Waals surface area contributed by atoms with E-state index in [1.54, 1.807) is 0 Å². The number of alkyl halides is 3. The van der Waals surface area contributed by atoms with Gasteiger partial charge in [0, 0.05) is 5.56 Å². The molecule has 0 aliphatic rings. The van der Waals surface area contributed by atoms with Gasteiger partial charge in [0.1, 0.15) is 29.0 Å². The quantitative estimate of drug-likeness (QED) is 0.145. The first-order valence-corrected chi connectivity index (χ1v) is 9.27. The number of hydrazine groups is 1. The number of hydrogen-bond donors (Lipinski definition) is 4. The number of carbonyl (C=O) groups excluding carboxylic acids is 1. The summed E-state index contributed by atoms with van der Waals surface area (Å²) < 4.78 is 75.2. The number of nitrogens with two attached hydrogens (primary N) is 2. The van der Waals surface area contributed by atoms with E-state index < -0.39 is 52.0 Å². The maximum absolute atomic E-state index is 14.2. The van der Waals surface area contributed by atoms with Gasteiger partial charge in [0.05, 0.1) is 16.7 Å². The van der Waals surface area contributed by atoms with Crippen molar-refractivity contribution in [2.75, 3.05) is 0 Å². The van der Waals surface area contributed by atoms with Crippen LogP contribution in [0.4, 0.5) is 22.0 Å². The number of rotatable bonds is 5. The number of amides is 1. The third-order valence-corrected chi connectivity index (χ3v) is 4.75. The van der Waals surface area contributed by atoms with Crippen molar-refractivity contribution in [3.63, 3.8) is 0 Å². The number of carbonyl (C=O) groups is 1. The molecule has 0 aliphatic heterocycles. The monoisotopic (exact) mass is 464 g/mol. The SMILES string of the molecule is Cc1cc(F)ccc1Oc1c(C(N)=O)ccc(C(F)(F)F)c1-c1ccc(F)c(C(=N)NN)c1. The molecule has 0 spiro atoms. The summed E-state index contributed by atoms with van der Waals surface area (Å²) in [6.07, 6.45) is -4.91. The number of nitrogens with one attached hydrogen (secondary N) is 2. The number of hydrogen-bond acceptors (Lipinski definition) is 4. The number of ether oxygens (including phenoxy) is 1. The summed E-state index contributed by atoms with van der Waals surface area (Å²) in [6, 6.07) is 7.65. The molecule has 0 aliphatic carbocycles. The van der Waals surface area contributed by atoms with Crippen LogP contribution in [-0.2, 0) is 6.18 Å². The highest BCUT2D eigenvalue weighted by Gasteiger charge is 2.37. The van der Waals surface area contributed by atoms with Crippen LogP contribution in [0.25, 0.3) is 11.1 Å².